The smallest absolute Gasteiger partial charge is 0.267 e. The summed E-state index contributed by atoms with van der Waals surface area (Å²) in [5, 5.41) is 1.28. The third-order valence-corrected chi connectivity index (χ3v) is 7.66. The summed E-state index contributed by atoms with van der Waals surface area (Å²) in [5.74, 6) is 0.348. The van der Waals surface area contributed by atoms with Gasteiger partial charge in [0.1, 0.15) is 10.6 Å². The second-order valence-electron chi connectivity index (χ2n) is 7.01. The maximum absolute atomic E-state index is 13.5. The molecule has 0 radical (unpaired) electrons. The van der Waals surface area contributed by atoms with Crippen molar-refractivity contribution < 1.29 is 4.39 Å². The number of halogens is 2. The number of benzene rings is 2. The molecule has 0 aliphatic rings. The average Bonchev–Trinajstić information content (AvgIpc) is 3.04. The Bertz CT molecular complexity index is 1250. The van der Waals surface area contributed by atoms with Crippen molar-refractivity contribution in [2.45, 2.75) is 37.6 Å². The van der Waals surface area contributed by atoms with E-state index in [4.69, 9.17) is 4.98 Å². The highest BCUT2D eigenvalue weighted by molar-refractivity contribution is 9.10. The van der Waals surface area contributed by atoms with E-state index in [2.05, 4.69) is 22.9 Å². The van der Waals surface area contributed by atoms with E-state index in [-0.39, 0.29) is 11.4 Å². The van der Waals surface area contributed by atoms with Crippen LogP contribution in [0.5, 0.6) is 0 Å². The van der Waals surface area contributed by atoms with Gasteiger partial charge in [-0.3, -0.25) is 9.36 Å². The molecule has 0 fully saturated rings. The number of rotatable bonds is 6. The van der Waals surface area contributed by atoms with E-state index in [0.717, 1.165) is 33.3 Å². The van der Waals surface area contributed by atoms with Crippen molar-refractivity contribution in [2.75, 3.05) is 0 Å². The van der Waals surface area contributed by atoms with Gasteiger partial charge in [-0.2, -0.15) is 0 Å². The Kier molecular flexibility index (Phi) is 6.41. The van der Waals surface area contributed by atoms with Gasteiger partial charge in [-0.25, -0.2) is 9.37 Å². The van der Waals surface area contributed by atoms with Crippen LogP contribution in [0.4, 0.5) is 4.39 Å². The number of fused-ring (bicyclic) bond motifs is 1. The van der Waals surface area contributed by atoms with Gasteiger partial charge < -0.3 is 0 Å². The van der Waals surface area contributed by atoms with Gasteiger partial charge in [0.15, 0.2) is 5.16 Å². The Hall–Kier alpha value is -1.96. The van der Waals surface area contributed by atoms with Gasteiger partial charge >= 0.3 is 0 Å². The number of hydrogen-bond acceptors (Lipinski definition) is 4. The zero-order chi connectivity index (χ0) is 21.3. The number of aromatic nitrogens is 2. The number of aryl methyl sites for hydroxylation is 2. The maximum atomic E-state index is 13.5. The zero-order valence-corrected chi connectivity index (χ0v) is 19.8. The molecule has 7 heteroatoms. The average molecular weight is 503 g/mol. The minimum atomic E-state index is -0.332. The van der Waals surface area contributed by atoms with Gasteiger partial charge in [-0.05, 0) is 60.9 Å². The van der Waals surface area contributed by atoms with Crippen LogP contribution < -0.4 is 5.56 Å². The van der Waals surface area contributed by atoms with E-state index >= 15 is 0 Å². The quantitative estimate of drug-likeness (QED) is 0.212. The largest absolute Gasteiger partial charge is 0.268 e. The summed E-state index contributed by atoms with van der Waals surface area (Å²) < 4.78 is 16.1. The van der Waals surface area contributed by atoms with Crippen molar-refractivity contribution in [3.8, 4) is 5.69 Å². The van der Waals surface area contributed by atoms with E-state index in [0.29, 0.717) is 22.0 Å². The number of thioether (sulfide) groups is 1. The molecule has 0 bridgehead atoms. The number of hydrogen-bond donors (Lipinski definition) is 0. The van der Waals surface area contributed by atoms with Crippen LogP contribution in [-0.2, 0) is 12.2 Å². The Morgan fingerprint density at radius 1 is 1.13 bits per heavy atom. The van der Waals surface area contributed by atoms with Gasteiger partial charge in [0.05, 0.1) is 11.1 Å². The summed E-state index contributed by atoms with van der Waals surface area (Å²) in [4.78, 5) is 20.4. The molecule has 0 amide bonds. The first kappa shape index (κ1) is 21.3. The normalized spacial score (nSPS) is 11.3. The predicted octanol–water partition coefficient (Wildman–Crippen LogP) is 6.90. The fourth-order valence-corrected chi connectivity index (χ4v) is 5.87. The van der Waals surface area contributed by atoms with Crippen LogP contribution in [0.1, 0.15) is 29.3 Å². The second kappa shape index (κ2) is 9.04. The highest BCUT2D eigenvalue weighted by Crippen LogP contribution is 2.32. The van der Waals surface area contributed by atoms with Crippen molar-refractivity contribution in [3.63, 3.8) is 0 Å². The van der Waals surface area contributed by atoms with Crippen molar-refractivity contribution in [1.29, 1.82) is 0 Å². The Balaban J connectivity index is 1.85. The monoisotopic (exact) mass is 502 g/mol. The van der Waals surface area contributed by atoms with E-state index in [1.807, 2.05) is 31.2 Å². The van der Waals surface area contributed by atoms with Gasteiger partial charge in [-0.1, -0.05) is 53.2 Å². The first-order valence-corrected chi connectivity index (χ1v) is 12.3. The van der Waals surface area contributed by atoms with Crippen molar-refractivity contribution in [3.05, 3.63) is 85.2 Å². The molecule has 3 nitrogen and oxygen atoms in total. The van der Waals surface area contributed by atoms with E-state index in [1.54, 1.807) is 28.0 Å². The lowest BCUT2D eigenvalue weighted by Crippen LogP contribution is -2.21. The summed E-state index contributed by atoms with van der Waals surface area (Å²) in [6.07, 6.45) is 1.95. The summed E-state index contributed by atoms with van der Waals surface area (Å²) in [6, 6.07) is 14.1. The summed E-state index contributed by atoms with van der Waals surface area (Å²) in [6.45, 7) is 4.13. The first-order valence-electron chi connectivity index (χ1n) is 9.66. The van der Waals surface area contributed by atoms with Crippen LogP contribution in [0, 0.1) is 12.7 Å². The van der Waals surface area contributed by atoms with Crippen LogP contribution in [0.25, 0.3) is 15.9 Å². The number of nitrogens with zero attached hydrogens (tertiary/aromatic N) is 2. The van der Waals surface area contributed by atoms with Gasteiger partial charge in [0.2, 0.25) is 0 Å². The highest BCUT2D eigenvalue weighted by atomic mass is 79.9. The van der Waals surface area contributed by atoms with Crippen LogP contribution in [0.2, 0.25) is 0 Å². The third kappa shape index (κ3) is 4.24. The van der Waals surface area contributed by atoms with E-state index in [1.165, 1.54) is 28.8 Å². The molecule has 2 heterocycles. The molecular formula is C23H20BrFN2OS2. The molecule has 2 aromatic carbocycles. The fraction of sp³-hybridized carbons (Fsp3) is 0.217. The lowest BCUT2D eigenvalue weighted by Gasteiger charge is -2.12. The molecule has 0 saturated carbocycles. The molecule has 4 rings (SSSR count). The van der Waals surface area contributed by atoms with Crippen LogP contribution in [0.3, 0.4) is 0 Å². The topological polar surface area (TPSA) is 34.9 Å². The van der Waals surface area contributed by atoms with E-state index < -0.39 is 0 Å². The summed E-state index contributed by atoms with van der Waals surface area (Å²) >= 11 is 6.57. The molecule has 154 valence electrons. The first-order chi connectivity index (χ1) is 14.5. The van der Waals surface area contributed by atoms with Crippen molar-refractivity contribution >= 4 is 49.2 Å². The minimum absolute atomic E-state index is 0.0963. The Morgan fingerprint density at radius 2 is 1.83 bits per heavy atom. The van der Waals surface area contributed by atoms with Crippen LogP contribution in [-0.4, -0.2) is 9.55 Å². The summed E-state index contributed by atoms with van der Waals surface area (Å²) in [5.41, 5.74) is 2.67. The molecule has 0 spiro atoms. The molecular weight excluding hydrogens is 483 g/mol. The van der Waals surface area contributed by atoms with Crippen LogP contribution >= 0.6 is 39.0 Å². The van der Waals surface area contributed by atoms with Crippen LogP contribution in [0.15, 0.2) is 63.0 Å². The predicted molar refractivity (Wildman–Crippen MR) is 128 cm³/mol. The number of thiophene rings is 1. The van der Waals surface area contributed by atoms with E-state index in [9.17, 15) is 9.18 Å². The molecule has 0 saturated heterocycles. The van der Waals surface area contributed by atoms with Crippen molar-refractivity contribution in [2.24, 2.45) is 0 Å². The molecule has 0 unspecified atom stereocenters. The zero-order valence-electron chi connectivity index (χ0n) is 16.6. The maximum Gasteiger partial charge on any atom is 0.267 e. The molecule has 30 heavy (non-hydrogen) atoms. The molecule has 4 aromatic rings. The lowest BCUT2D eigenvalue weighted by molar-refractivity contribution is 0.627. The lowest BCUT2D eigenvalue weighted by atomic mass is 10.1. The standard InChI is InChI=1S/C23H20BrFN2OS2/c1-3-4-19-14(2)20-21(30-19)26-23(29-13-15-5-7-16(24)8-6-15)27(22(20)28)18-11-9-17(25)10-12-18/h5-12H,3-4,13H2,1-2H3. The molecule has 2 aromatic heterocycles. The molecule has 0 atom stereocenters. The van der Waals surface area contributed by atoms with Crippen molar-refractivity contribution in [1.82, 2.24) is 9.55 Å². The summed E-state index contributed by atoms with van der Waals surface area (Å²) in [7, 11) is 0. The van der Waals surface area contributed by atoms with Gasteiger partial charge in [0.25, 0.3) is 5.56 Å². The molecule has 0 aliphatic heterocycles. The third-order valence-electron chi connectivity index (χ3n) is 4.88. The molecule has 0 N–H and O–H groups in total. The van der Waals surface area contributed by atoms with Gasteiger partial charge in [0, 0.05) is 15.1 Å². The SMILES string of the molecule is CCCc1sc2nc(SCc3ccc(Br)cc3)n(-c3ccc(F)cc3)c(=O)c2c1C. The second-order valence-corrected chi connectivity index (χ2v) is 9.95. The Morgan fingerprint density at radius 3 is 2.50 bits per heavy atom. The Labute approximate surface area is 191 Å². The minimum Gasteiger partial charge on any atom is -0.268 e. The van der Waals surface area contributed by atoms with Gasteiger partial charge in [-0.15, -0.1) is 11.3 Å². The fourth-order valence-electron chi connectivity index (χ4n) is 3.32. The molecule has 0 aliphatic carbocycles. The highest BCUT2D eigenvalue weighted by Gasteiger charge is 2.19.